The highest BCUT2D eigenvalue weighted by atomic mass is 35.5. The van der Waals surface area contributed by atoms with Gasteiger partial charge in [-0.25, -0.2) is 19.6 Å². The molecule has 3 heterocycles. The quantitative estimate of drug-likeness (QED) is 0.700. The minimum absolute atomic E-state index is 0.0465. The van der Waals surface area contributed by atoms with Gasteiger partial charge in [-0.15, -0.1) is 0 Å². The van der Waals surface area contributed by atoms with Gasteiger partial charge in [0.05, 0.1) is 15.7 Å². The molecule has 0 spiro atoms. The normalized spacial score (nSPS) is 14.9. The molecule has 144 valence electrons. The first-order valence-corrected chi connectivity index (χ1v) is 9.54. The molecular formula is C18H17Cl2N7O. The molecule has 0 aliphatic carbocycles. The monoisotopic (exact) mass is 417 g/mol. The molecule has 0 atom stereocenters. The molecule has 1 aromatic carbocycles. The van der Waals surface area contributed by atoms with Crippen LogP contribution in [0.2, 0.25) is 10.0 Å². The van der Waals surface area contributed by atoms with Crippen molar-refractivity contribution in [1.82, 2.24) is 24.7 Å². The molecule has 0 bridgehead atoms. The van der Waals surface area contributed by atoms with E-state index in [0.29, 0.717) is 34.4 Å². The summed E-state index contributed by atoms with van der Waals surface area (Å²) in [6.45, 7) is 1.43. The van der Waals surface area contributed by atoms with E-state index < -0.39 is 0 Å². The van der Waals surface area contributed by atoms with E-state index in [1.807, 2.05) is 6.07 Å². The van der Waals surface area contributed by atoms with Crippen LogP contribution in [0.15, 0.2) is 43.2 Å². The summed E-state index contributed by atoms with van der Waals surface area (Å²) < 4.78 is 1.58. The Morgan fingerprint density at radius 2 is 1.89 bits per heavy atom. The second kappa shape index (κ2) is 8.12. The van der Waals surface area contributed by atoms with Crippen LogP contribution in [0.4, 0.5) is 11.5 Å². The van der Waals surface area contributed by atoms with Crippen molar-refractivity contribution in [1.29, 1.82) is 0 Å². The van der Waals surface area contributed by atoms with Gasteiger partial charge in [-0.2, -0.15) is 5.10 Å². The van der Waals surface area contributed by atoms with Gasteiger partial charge in [0.25, 0.3) is 0 Å². The lowest BCUT2D eigenvalue weighted by atomic mass is 9.96. The van der Waals surface area contributed by atoms with Crippen molar-refractivity contribution < 1.29 is 4.79 Å². The molecule has 3 aromatic rings. The van der Waals surface area contributed by atoms with Gasteiger partial charge in [-0.05, 0) is 25.0 Å². The highest BCUT2D eigenvalue weighted by Gasteiger charge is 2.26. The van der Waals surface area contributed by atoms with Crippen LogP contribution >= 0.6 is 23.2 Å². The molecule has 0 radical (unpaired) electrons. The predicted molar refractivity (Wildman–Crippen MR) is 107 cm³/mol. The highest BCUT2D eigenvalue weighted by molar-refractivity contribution is 6.44. The number of nitrogens with zero attached hydrogens (tertiary/aromatic N) is 6. The van der Waals surface area contributed by atoms with Crippen LogP contribution in [-0.4, -0.2) is 43.7 Å². The fraction of sp³-hybridized carbons (Fsp3) is 0.278. The van der Waals surface area contributed by atoms with Crippen molar-refractivity contribution in [3.05, 3.63) is 53.3 Å². The number of carbonyl (C=O) groups is 1. The average molecular weight is 418 g/mol. The van der Waals surface area contributed by atoms with E-state index in [1.165, 1.54) is 12.7 Å². The number of halogens is 2. The minimum Gasteiger partial charge on any atom is -0.356 e. The second-order valence-corrected chi connectivity index (χ2v) is 7.21. The molecule has 1 fully saturated rings. The number of piperidine rings is 1. The summed E-state index contributed by atoms with van der Waals surface area (Å²) in [4.78, 5) is 27.2. The van der Waals surface area contributed by atoms with Crippen LogP contribution in [0.3, 0.4) is 0 Å². The topological polar surface area (TPSA) is 88.8 Å². The maximum atomic E-state index is 12.6. The summed E-state index contributed by atoms with van der Waals surface area (Å²) in [6.07, 6.45) is 5.98. The Kier molecular flexibility index (Phi) is 5.40. The van der Waals surface area contributed by atoms with E-state index in [1.54, 1.807) is 29.2 Å². The summed E-state index contributed by atoms with van der Waals surface area (Å²) >= 11 is 12.2. The fourth-order valence-electron chi connectivity index (χ4n) is 3.17. The molecule has 0 saturated carbocycles. The SMILES string of the molecule is O=C(Nc1cccc(Cl)c1Cl)C1CCN(c2cc(-n3cncn3)ncn2)CC1. The van der Waals surface area contributed by atoms with Gasteiger partial charge < -0.3 is 10.2 Å². The van der Waals surface area contributed by atoms with E-state index in [2.05, 4.69) is 30.3 Å². The van der Waals surface area contributed by atoms with Crippen LogP contribution in [-0.2, 0) is 4.79 Å². The third kappa shape index (κ3) is 3.93. The van der Waals surface area contributed by atoms with Crippen LogP contribution < -0.4 is 10.2 Å². The van der Waals surface area contributed by atoms with E-state index in [4.69, 9.17) is 23.2 Å². The molecule has 10 heteroatoms. The number of amides is 1. The zero-order chi connectivity index (χ0) is 19.5. The zero-order valence-electron chi connectivity index (χ0n) is 14.8. The van der Waals surface area contributed by atoms with Gasteiger partial charge in [0.2, 0.25) is 5.91 Å². The van der Waals surface area contributed by atoms with E-state index in [9.17, 15) is 4.79 Å². The Bertz CT molecular complexity index is 972. The van der Waals surface area contributed by atoms with Crippen LogP contribution in [0.5, 0.6) is 0 Å². The van der Waals surface area contributed by atoms with Crippen molar-refractivity contribution >= 4 is 40.6 Å². The summed E-state index contributed by atoms with van der Waals surface area (Å²) in [7, 11) is 0. The van der Waals surface area contributed by atoms with Gasteiger partial charge in [0.1, 0.15) is 24.8 Å². The average Bonchev–Trinajstić information content (AvgIpc) is 3.27. The molecule has 1 saturated heterocycles. The Morgan fingerprint density at radius 1 is 1.11 bits per heavy atom. The van der Waals surface area contributed by atoms with Gasteiger partial charge in [-0.3, -0.25) is 4.79 Å². The number of rotatable bonds is 4. The van der Waals surface area contributed by atoms with Crippen molar-refractivity contribution in [2.75, 3.05) is 23.3 Å². The first-order valence-electron chi connectivity index (χ1n) is 8.78. The van der Waals surface area contributed by atoms with Crippen molar-refractivity contribution in [2.45, 2.75) is 12.8 Å². The Morgan fingerprint density at radius 3 is 2.64 bits per heavy atom. The van der Waals surface area contributed by atoms with E-state index >= 15 is 0 Å². The molecule has 1 aliphatic rings. The lowest BCUT2D eigenvalue weighted by molar-refractivity contribution is -0.120. The predicted octanol–water partition coefficient (Wildman–Crippen LogP) is 3.22. The van der Waals surface area contributed by atoms with Crippen molar-refractivity contribution in [3.63, 3.8) is 0 Å². The van der Waals surface area contributed by atoms with Gasteiger partial charge in [-0.1, -0.05) is 29.3 Å². The van der Waals surface area contributed by atoms with Gasteiger partial charge >= 0.3 is 0 Å². The van der Waals surface area contributed by atoms with Gasteiger partial charge in [0, 0.05) is 25.1 Å². The van der Waals surface area contributed by atoms with Crippen LogP contribution in [0.25, 0.3) is 5.82 Å². The number of carbonyl (C=O) groups excluding carboxylic acids is 1. The number of hydrogen-bond donors (Lipinski definition) is 1. The number of nitrogens with one attached hydrogen (secondary N) is 1. The summed E-state index contributed by atoms with van der Waals surface area (Å²) in [5.41, 5.74) is 0.537. The van der Waals surface area contributed by atoms with Crippen LogP contribution in [0, 0.1) is 5.92 Å². The second-order valence-electron chi connectivity index (χ2n) is 6.43. The summed E-state index contributed by atoms with van der Waals surface area (Å²) in [5.74, 6) is 1.31. The molecule has 1 amide bonds. The molecule has 1 N–H and O–H groups in total. The summed E-state index contributed by atoms with van der Waals surface area (Å²) in [5, 5.41) is 7.75. The van der Waals surface area contributed by atoms with E-state index in [0.717, 1.165) is 18.9 Å². The molecule has 0 unspecified atom stereocenters. The van der Waals surface area contributed by atoms with Crippen molar-refractivity contribution in [3.8, 4) is 5.82 Å². The number of anilines is 2. The Balaban J connectivity index is 1.39. The molecule has 4 rings (SSSR count). The molecule has 8 nitrogen and oxygen atoms in total. The summed E-state index contributed by atoms with van der Waals surface area (Å²) in [6, 6.07) is 7.05. The molecular weight excluding hydrogens is 401 g/mol. The standard InChI is InChI=1S/C18H17Cl2N7O/c19-13-2-1-3-14(17(13)20)25-18(28)12-4-6-26(7-5-12)15-8-16(23-10-22-15)27-11-21-9-24-27/h1-3,8-12H,4-7H2,(H,25,28). The van der Waals surface area contributed by atoms with E-state index in [-0.39, 0.29) is 11.8 Å². The molecule has 28 heavy (non-hydrogen) atoms. The third-order valence-electron chi connectivity index (χ3n) is 4.69. The zero-order valence-corrected chi connectivity index (χ0v) is 16.3. The maximum Gasteiger partial charge on any atom is 0.227 e. The number of hydrogen-bond acceptors (Lipinski definition) is 6. The molecule has 1 aliphatic heterocycles. The maximum absolute atomic E-state index is 12.6. The fourth-order valence-corrected chi connectivity index (χ4v) is 3.52. The van der Waals surface area contributed by atoms with Gasteiger partial charge in [0.15, 0.2) is 5.82 Å². The number of benzene rings is 1. The smallest absolute Gasteiger partial charge is 0.227 e. The lowest BCUT2D eigenvalue weighted by Gasteiger charge is -2.32. The van der Waals surface area contributed by atoms with Crippen LogP contribution in [0.1, 0.15) is 12.8 Å². The Hall–Kier alpha value is -2.71. The number of aromatic nitrogens is 5. The lowest BCUT2D eigenvalue weighted by Crippen LogP contribution is -2.38. The third-order valence-corrected chi connectivity index (χ3v) is 5.51. The minimum atomic E-state index is -0.0945. The highest BCUT2D eigenvalue weighted by Crippen LogP contribution is 2.31. The first-order chi connectivity index (χ1) is 13.6. The largest absolute Gasteiger partial charge is 0.356 e. The van der Waals surface area contributed by atoms with Crippen molar-refractivity contribution in [2.24, 2.45) is 5.92 Å². The first kappa shape index (κ1) is 18.6. The Labute approximate surface area is 171 Å². The molecule has 2 aromatic heterocycles.